The average molecular weight is 214 g/mol. The minimum Gasteiger partial charge on any atom is -0.497 e. The van der Waals surface area contributed by atoms with Crippen LogP contribution in [0.4, 0.5) is 0 Å². The first kappa shape index (κ1) is 11.0. The zero-order valence-corrected chi connectivity index (χ0v) is 10.2. The molecule has 0 aliphatic carbocycles. The van der Waals surface area contributed by atoms with Gasteiger partial charge in [0, 0.05) is 0 Å². The van der Waals surface area contributed by atoms with Crippen LogP contribution in [-0.2, 0) is 0 Å². The molecule has 0 saturated heterocycles. The van der Waals surface area contributed by atoms with Crippen LogP contribution in [0.1, 0.15) is 31.7 Å². The van der Waals surface area contributed by atoms with Gasteiger partial charge in [0.15, 0.2) is 0 Å². The summed E-state index contributed by atoms with van der Waals surface area (Å²) in [5.74, 6) is 1.53. The fourth-order valence-electron chi connectivity index (χ4n) is 2.05. The summed E-state index contributed by atoms with van der Waals surface area (Å²) in [6.07, 6.45) is 1.16. The van der Waals surface area contributed by atoms with Crippen molar-refractivity contribution >= 4 is 10.8 Å². The van der Waals surface area contributed by atoms with E-state index in [9.17, 15) is 0 Å². The number of benzene rings is 2. The fourth-order valence-corrected chi connectivity index (χ4v) is 2.05. The van der Waals surface area contributed by atoms with Crippen LogP contribution in [0.2, 0.25) is 0 Å². The Morgan fingerprint density at radius 3 is 2.69 bits per heavy atom. The summed E-state index contributed by atoms with van der Waals surface area (Å²) in [7, 11) is 1.72. The Bertz CT molecular complexity index is 488. The highest BCUT2D eigenvalue weighted by Crippen LogP contribution is 2.30. The normalized spacial score (nSPS) is 12.7. The van der Waals surface area contributed by atoms with Gasteiger partial charge in [-0.2, -0.15) is 0 Å². The number of fused-ring (bicyclic) bond motifs is 1. The molecule has 0 aromatic heterocycles. The first-order valence-corrected chi connectivity index (χ1v) is 5.83. The highest BCUT2D eigenvalue weighted by Gasteiger charge is 2.07. The number of ether oxygens (including phenoxy) is 1. The van der Waals surface area contributed by atoms with Crippen molar-refractivity contribution in [1.29, 1.82) is 0 Å². The van der Waals surface area contributed by atoms with Crippen molar-refractivity contribution in [2.24, 2.45) is 0 Å². The van der Waals surface area contributed by atoms with Gasteiger partial charge < -0.3 is 4.74 Å². The van der Waals surface area contributed by atoms with Gasteiger partial charge in [0.25, 0.3) is 0 Å². The van der Waals surface area contributed by atoms with Crippen LogP contribution in [0.25, 0.3) is 10.8 Å². The topological polar surface area (TPSA) is 9.23 Å². The number of hydrogen-bond acceptors (Lipinski definition) is 1. The van der Waals surface area contributed by atoms with E-state index in [4.69, 9.17) is 4.74 Å². The van der Waals surface area contributed by atoms with Crippen molar-refractivity contribution < 1.29 is 4.74 Å². The van der Waals surface area contributed by atoms with Gasteiger partial charge in [-0.3, -0.25) is 0 Å². The fraction of sp³-hybridized carbons (Fsp3) is 0.333. The molecule has 0 N–H and O–H groups in total. The summed E-state index contributed by atoms with van der Waals surface area (Å²) >= 11 is 0. The van der Waals surface area contributed by atoms with E-state index in [1.165, 1.54) is 16.3 Å². The predicted octanol–water partition coefficient (Wildman–Crippen LogP) is 4.36. The van der Waals surface area contributed by atoms with Crippen molar-refractivity contribution in [1.82, 2.24) is 0 Å². The Kier molecular flexibility index (Phi) is 3.14. The molecule has 0 amide bonds. The molecular formula is C15H18O. The van der Waals surface area contributed by atoms with Crippen molar-refractivity contribution in [2.45, 2.75) is 26.2 Å². The van der Waals surface area contributed by atoms with Gasteiger partial charge in [-0.1, -0.05) is 38.1 Å². The van der Waals surface area contributed by atoms with E-state index in [2.05, 4.69) is 44.2 Å². The summed E-state index contributed by atoms with van der Waals surface area (Å²) in [6.45, 7) is 4.50. The van der Waals surface area contributed by atoms with Crippen LogP contribution in [0.5, 0.6) is 5.75 Å². The Labute approximate surface area is 97.1 Å². The minimum absolute atomic E-state index is 0.593. The first-order valence-electron chi connectivity index (χ1n) is 5.83. The molecule has 1 atom stereocenters. The molecule has 0 heterocycles. The second-order valence-corrected chi connectivity index (χ2v) is 4.24. The highest BCUT2D eigenvalue weighted by atomic mass is 16.5. The van der Waals surface area contributed by atoms with E-state index in [1.54, 1.807) is 7.11 Å². The largest absolute Gasteiger partial charge is 0.497 e. The second-order valence-electron chi connectivity index (χ2n) is 4.24. The van der Waals surface area contributed by atoms with Gasteiger partial charge in [-0.05, 0) is 40.8 Å². The zero-order valence-electron chi connectivity index (χ0n) is 10.2. The lowest BCUT2D eigenvalue weighted by molar-refractivity contribution is 0.415. The maximum atomic E-state index is 5.29. The smallest absolute Gasteiger partial charge is 0.119 e. The van der Waals surface area contributed by atoms with Gasteiger partial charge in [0.2, 0.25) is 0 Å². The average Bonchev–Trinajstić information content (AvgIpc) is 2.36. The quantitative estimate of drug-likeness (QED) is 0.737. The van der Waals surface area contributed by atoms with Gasteiger partial charge in [0.1, 0.15) is 5.75 Å². The van der Waals surface area contributed by atoms with Crippen molar-refractivity contribution in [3.63, 3.8) is 0 Å². The standard InChI is InChI=1S/C15H18O/c1-4-11(2)14-7-5-6-12-8-9-13(16-3)10-15(12)14/h5-11H,4H2,1-3H3. The summed E-state index contributed by atoms with van der Waals surface area (Å²) in [4.78, 5) is 0. The predicted molar refractivity (Wildman–Crippen MR) is 69.2 cm³/mol. The Morgan fingerprint density at radius 1 is 1.19 bits per heavy atom. The second kappa shape index (κ2) is 4.56. The molecule has 0 spiro atoms. The lowest BCUT2D eigenvalue weighted by Crippen LogP contribution is -1.93. The van der Waals surface area contributed by atoms with Crippen LogP contribution in [0.3, 0.4) is 0 Å². The van der Waals surface area contributed by atoms with Crippen LogP contribution < -0.4 is 4.74 Å². The molecule has 0 fully saturated rings. The molecule has 0 radical (unpaired) electrons. The molecule has 0 saturated carbocycles. The SMILES string of the molecule is CCC(C)c1cccc2ccc(OC)cc12. The van der Waals surface area contributed by atoms with Gasteiger partial charge in [0.05, 0.1) is 7.11 Å². The lowest BCUT2D eigenvalue weighted by Gasteiger charge is -2.13. The maximum Gasteiger partial charge on any atom is 0.119 e. The third-order valence-electron chi connectivity index (χ3n) is 3.27. The van der Waals surface area contributed by atoms with E-state index in [-0.39, 0.29) is 0 Å². The molecule has 0 aliphatic heterocycles. The molecule has 2 aromatic carbocycles. The summed E-state index contributed by atoms with van der Waals surface area (Å²) in [5.41, 5.74) is 1.42. The Hall–Kier alpha value is -1.50. The molecular weight excluding hydrogens is 196 g/mol. The third kappa shape index (κ3) is 1.90. The maximum absolute atomic E-state index is 5.29. The van der Waals surface area contributed by atoms with Crippen molar-refractivity contribution in [3.8, 4) is 5.75 Å². The van der Waals surface area contributed by atoms with E-state index in [0.29, 0.717) is 5.92 Å². The van der Waals surface area contributed by atoms with Crippen LogP contribution in [0, 0.1) is 0 Å². The number of methoxy groups -OCH3 is 1. The Morgan fingerprint density at radius 2 is 2.00 bits per heavy atom. The lowest BCUT2D eigenvalue weighted by atomic mass is 9.93. The molecule has 1 unspecified atom stereocenters. The van der Waals surface area contributed by atoms with Gasteiger partial charge in [-0.25, -0.2) is 0 Å². The van der Waals surface area contributed by atoms with E-state index < -0.39 is 0 Å². The molecule has 0 aliphatic rings. The van der Waals surface area contributed by atoms with E-state index >= 15 is 0 Å². The molecule has 1 heteroatoms. The van der Waals surface area contributed by atoms with Gasteiger partial charge >= 0.3 is 0 Å². The monoisotopic (exact) mass is 214 g/mol. The molecule has 2 aromatic rings. The van der Waals surface area contributed by atoms with Gasteiger partial charge in [-0.15, -0.1) is 0 Å². The molecule has 0 bridgehead atoms. The highest BCUT2D eigenvalue weighted by molar-refractivity contribution is 5.87. The molecule has 2 rings (SSSR count). The molecule has 84 valence electrons. The van der Waals surface area contributed by atoms with Crippen molar-refractivity contribution in [2.75, 3.05) is 7.11 Å². The van der Waals surface area contributed by atoms with Crippen molar-refractivity contribution in [3.05, 3.63) is 42.0 Å². The van der Waals surface area contributed by atoms with E-state index in [0.717, 1.165) is 12.2 Å². The van der Waals surface area contributed by atoms with Crippen LogP contribution in [-0.4, -0.2) is 7.11 Å². The van der Waals surface area contributed by atoms with E-state index in [1.807, 2.05) is 6.07 Å². The minimum atomic E-state index is 0.593. The molecule has 1 nitrogen and oxygen atoms in total. The summed E-state index contributed by atoms with van der Waals surface area (Å²) in [5, 5.41) is 2.61. The summed E-state index contributed by atoms with van der Waals surface area (Å²) in [6, 6.07) is 12.8. The number of rotatable bonds is 3. The van der Waals surface area contributed by atoms with Crippen LogP contribution >= 0.6 is 0 Å². The zero-order chi connectivity index (χ0) is 11.5. The third-order valence-corrected chi connectivity index (χ3v) is 3.27. The first-order chi connectivity index (χ1) is 7.76. The number of hydrogen-bond donors (Lipinski definition) is 0. The Balaban J connectivity index is 2.64. The van der Waals surface area contributed by atoms with Crippen LogP contribution in [0.15, 0.2) is 36.4 Å². The summed E-state index contributed by atoms with van der Waals surface area (Å²) < 4.78 is 5.29. The molecule has 16 heavy (non-hydrogen) atoms.